The molecule has 0 bridgehead atoms. The van der Waals surface area contributed by atoms with Gasteiger partial charge >= 0.3 is 0 Å². The number of nitrogens with two attached hydrogens (primary N) is 1. The van der Waals surface area contributed by atoms with Gasteiger partial charge in [0.1, 0.15) is 0 Å². The van der Waals surface area contributed by atoms with Gasteiger partial charge in [0.25, 0.3) is 0 Å². The molecule has 0 aliphatic carbocycles. The molecular formula is C11H15BrINO. The lowest BCUT2D eigenvalue weighted by atomic mass is 10.1. The standard InChI is InChI=1S/C11H15BrINO/c1-2-5-15-7-11(14)9-6-8(13)3-4-10(9)12/h3-4,6,11H,2,5,7,14H2,1H3. The molecule has 1 aromatic rings. The number of rotatable bonds is 5. The lowest BCUT2D eigenvalue weighted by molar-refractivity contribution is 0.121. The Bertz CT molecular complexity index is 319. The number of ether oxygens (including phenoxy) is 1. The van der Waals surface area contributed by atoms with Crippen molar-refractivity contribution in [2.75, 3.05) is 13.2 Å². The van der Waals surface area contributed by atoms with E-state index in [9.17, 15) is 0 Å². The summed E-state index contributed by atoms with van der Waals surface area (Å²) in [6.45, 7) is 3.44. The zero-order valence-electron chi connectivity index (χ0n) is 8.67. The van der Waals surface area contributed by atoms with E-state index in [-0.39, 0.29) is 6.04 Å². The third-order valence-corrected chi connectivity index (χ3v) is 3.40. The molecule has 1 aromatic carbocycles. The van der Waals surface area contributed by atoms with Crippen LogP contribution in [0.3, 0.4) is 0 Å². The van der Waals surface area contributed by atoms with Crippen molar-refractivity contribution in [2.45, 2.75) is 19.4 Å². The molecule has 0 heterocycles. The quantitative estimate of drug-likeness (QED) is 0.624. The first kappa shape index (κ1) is 13.4. The molecule has 2 nitrogen and oxygen atoms in total. The van der Waals surface area contributed by atoms with Crippen molar-refractivity contribution in [3.63, 3.8) is 0 Å². The second kappa shape index (κ2) is 6.83. The fourth-order valence-electron chi connectivity index (χ4n) is 1.24. The Morgan fingerprint density at radius 3 is 2.93 bits per heavy atom. The lowest BCUT2D eigenvalue weighted by Crippen LogP contribution is -2.18. The summed E-state index contributed by atoms with van der Waals surface area (Å²) in [7, 11) is 0. The maximum atomic E-state index is 6.05. The zero-order valence-corrected chi connectivity index (χ0v) is 12.4. The van der Waals surface area contributed by atoms with Crippen LogP contribution in [-0.2, 0) is 4.74 Å². The van der Waals surface area contributed by atoms with E-state index in [1.165, 1.54) is 3.57 Å². The van der Waals surface area contributed by atoms with Crippen molar-refractivity contribution >= 4 is 38.5 Å². The van der Waals surface area contributed by atoms with Crippen molar-refractivity contribution in [3.8, 4) is 0 Å². The smallest absolute Gasteiger partial charge is 0.0659 e. The third kappa shape index (κ3) is 4.38. The maximum Gasteiger partial charge on any atom is 0.0659 e. The molecular weight excluding hydrogens is 369 g/mol. The summed E-state index contributed by atoms with van der Waals surface area (Å²) in [5.74, 6) is 0. The lowest BCUT2D eigenvalue weighted by Gasteiger charge is -2.14. The molecule has 0 saturated heterocycles. The van der Waals surface area contributed by atoms with E-state index in [2.05, 4.69) is 51.5 Å². The van der Waals surface area contributed by atoms with Crippen LogP contribution in [0.15, 0.2) is 22.7 Å². The minimum Gasteiger partial charge on any atom is -0.379 e. The molecule has 1 unspecified atom stereocenters. The molecule has 15 heavy (non-hydrogen) atoms. The van der Waals surface area contributed by atoms with Crippen LogP contribution in [0.25, 0.3) is 0 Å². The van der Waals surface area contributed by atoms with E-state index in [0.717, 1.165) is 23.1 Å². The summed E-state index contributed by atoms with van der Waals surface area (Å²) in [6, 6.07) is 6.11. The van der Waals surface area contributed by atoms with Crippen molar-refractivity contribution in [1.29, 1.82) is 0 Å². The van der Waals surface area contributed by atoms with Gasteiger partial charge in [-0.3, -0.25) is 0 Å². The minimum atomic E-state index is -0.0550. The molecule has 2 N–H and O–H groups in total. The van der Waals surface area contributed by atoms with Gasteiger partial charge in [-0.25, -0.2) is 0 Å². The summed E-state index contributed by atoms with van der Waals surface area (Å²) in [5.41, 5.74) is 7.16. The molecule has 0 fully saturated rings. The fraction of sp³-hybridized carbons (Fsp3) is 0.455. The summed E-state index contributed by atoms with van der Waals surface area (Å²) in [5, 5.41) is 0. The van der Waals surface area contributed by atoms with E-state index >= 15 is 0 Å². The minimum absolute atomic E-state index is 0.0550. The highest BCUT2D eigenvalue weighted by atomic mass is 127. The van der Waals surface area contributed by atoms with Crippen LogP contribution in [0.1, 0.15) is 24.9 Å². The number of hydrogen-bond donors (Lipinski definition) is 1. The highest BCUT2D eigenvalue weighted by molar-refractivity contribution is 14.1. The van der Waals surface area contributed by atoms with Crippen LogP contribution >= 0.6 is 38.5 Å². The fourth-order valence-corrected chi connectivity index (χ4v) is 2.30. The van der Waals surface area contributed by atoms with Crippen LogP contribution < -0.4 is 5.73 Å². The van der Waals surface area contributed by atoms with Gasteiger partial charge in [0, 0.05) is 14.6 Å². The average molecular weight is 384 g/mol. The van der Waals surface area contributed by atoms with Gasteiger partial charge < -0.3 is 10.5 Å². The second-order valence-electron chi connectivity index (χ2n) is 3.35. The number of benzene rings is 1. The predicted octanol–water partition coefficient (Wildman–Crippen LogP) is 3.48. The van der Waals surface area contributed by atoms with E-state index < -0.39 is 0 Å². The Balaban J connectivity index is 2.64. The Kier molecular flexibility index (Phi) is 6.11. The Morgan fingerprint density at radius 1 is 1.53 bits per heavy atom. The molecule has 0 radical (unpaired) electrons. The van der Waals surface area contributed by atoms with Crippen LogP contribution in [0.5, 0.6) is 0 Å². The first-order chi connectivity index (χ1) is 7.15. The van der Waals surface area contributed by atoms with Gasteiger partial charge in [0.2, 0.25) is 0 Å². The third-order valence-electron chi connectivity index (χ3n) is 2.00. The van der Waals surface area contributed by atoms with Crippen molar-refractivity contribution in [1.82, 2.24) is 0 Å². The Labute approximate surface area is 113 Å². The zero-order chi connectivity index (χ0) is 11.3. The molecule has 0 spiro atoms. The SMILES string of the molecule is CCCOCC(N)c1cc(I)ccc1Br. The van der Waals surface area contributed by atoms with Gasteiger partial charge in [0.15, 0.2) is 0 Å². The van der Waals surface area contributed by atoms with Crippen molar-refractivity contribution < 1.29 is 4.74 Å². The van der Waals surface area contributed by atoms with Gasteiger partial charge in [-0.2, -0.15) is 0 Å². The van der Waals surface area contributed by atoms with Crippen molar-refractivity contribution in [2.24, 2.45) is 5.73 Å². The topological polar surface area (TPSA) is 35.2 Å². The molecule has 0 saturated carbocycles. The second-order valence-corrected chi connectivity index (χ2v) is 5.45. The van der Waals surface area contributed by atoms with E-state index in [0.29, 0.717) is 6.61 Å². The molecule has 0 aromatic heterocycles. The molecule has 84 valence electrons. The van der Waals surface area contributed by atoms with Gasteiger partial charge in [-0.05, 0) is 52.8 Å². The van der Waals surface area contributed by atoms with Crippen LogP contribution in [0.2, 0.25) is 0 Å². The highest BCUT2D eigenvalue weighted by Crippen LogP contribution is 2.24. The number of halogens is 2. The molecule has 1 rings (SSSR count). The summed E-state index contributed by atoms with van der Waals surface area (Å²) < 4.78 is 7.69. The molecule has 1 atom stereocenters. The van der Waals surface area contributed by atoms with Crippen molar-refractivity contribution in [3.05, 3.63) is 31.8 Å². The van der Waals surface area contributed by atoms with E-state index in [4.69, 9.17) is 10.5 Å². The summed E-state index contributed by atoms with van der Waals surface area (Å²) in [6.07, 6.45) is 1.03. The monoisotopic (exact) mass is 383 g/mol. The van der Waals surface area contributed by atoms with Gasteiger partial charge in [0.05, 0.1) is 12.6 Å². The molecule has 0 aliphatic rings. The Morgan fingerprint density at radius 2 is 2.27 bits per heavy atom. The summed E-state index contributed by atoms with van der Waals surface area (Å²) in [4.78, 5) is 0. The van der Waals surface area contributed by atoms with E-state index in [1.54, 1.807) is 0 Å². The first-order valence-electron chi connectivity index (χ1n) is 4.93. The summed E-state index contributed by atoms with van der Waals surface area (Å²) >= 11 is 5.78. The van der Waals surface area contributed by atoms with Gasteiger partial charge in [-0.1, -0.05) is 22.9 Å². The van der Waals surface area contributed by atoms with Gasteiger partial charge in [-0.15, -0.1) is 0 Å². The maximum absolute atomic E-state index is 6.05. The Hall–Kier alpha value is 0.350. The molecule has 4 heteroatoms. The van der Waals surface area contributed by atoms with Crippen LogP contribution in [-0.4, -0.2) is 13.2 Å². The largest absolute Gasteiger partial charge is 0.379 e. The van der Waals surface area contributed by atoms with Crippen LogP contribution in [0.4, 0.5) is 0 Å². The van der Waals surface area contributed by atoms with Crippen LogP contribution in [0, 0.1) is 3.57 Å². The predicted molar refractivity (Wildman–Crippen MR) is 74.9 cm³/mol. The first-order valence-corrected chi connectivity index (χ1v) is 6.80. The molecule has 0 amide bonds. The number of hydrogen-bond acceptors (Lipinski definition) is 2. The highest BCUT2D eigenvalue weighted by Gasteiger charge is 2.10. The average Bonchev–Trinajstić information content (AvgIpc) is 2.22. The molecule has 0 aliphatic heterocycles. The normalized spacial score (nSPS) is 12.8. The van der Waals surface area contributed by atoms with E-state index in [1.807, 2.05) is 12.1 Å².